The Kier molecular flexibility index (Phi) is 5.79. The van der Waals surface area contributed by atoms with Gasteiger partial charge < -0.3 is 9.32 Å². The number of rotatable bonds is 5. The first-order chi connectivity index (χ1) is 20.8. The van der Waals surface area contributed by atoms with Crippen LogP contribution in [0.3, 0.4) is 0 Å². The van der Waals surface area contributed by atoms with Crippen LogP contribution in [0.4, 0.5) is 17.1 Å². The minimum Gasteiger partial charge on any atom is -0.456 e. The Morgan fingerprint density at radius 3 is 2.02 bits per heavy atom. The summed E-state index contributed by atoms with van der Waals surface area (Å²) in [5.41, 5.74) is 9.51. The van der Waals surface area contributed by atoms with Crippen LogP contribution in [-0.4, -0.2) is 4.98 Å². The van der Waals surface area contributed by atoms with E-state index < -0.39 is 0 Å². The highest BCUT2D eigenvalue weighted by Crippen LogP contribution is 2.45. The maximum Gasteiger partial charge on any atom is 0.136 e. The van der Waals surface area contributed by atoms with Crippen LogP contribution in [0.5, 0.6) is 0 Å². The number of hydrogen-bond acceptors (Lipinski definition) is 3. The Labute approximate surface area is 243 Å². The smallest absolute Gasteiger partial charge is 0.136 e. The average molecular weight is 539 g/mol. The van der Waals surface area contributed by atoms with Gasteiger partial charge in [-0.1, -0.05) is 109 Å². The van der Waals surface area contributed by atoms with Gasteiger partial charge in [0.2, 0.25) is 0 Å². The van der Waals surface area contributed by atoms with E-state index in [9.17, 15) is 0 Å². The first-order valence-corrected chi connectivity index (χ1v) is 14.1. The monoisotopic (exact) mass is 538 g/mol. The van der Waals surface area contributed by atoms with Crippen LogP contribution in [0.25, 0.3) is 55.0 Å². The normalized spacial score (nSPS) is 11.3. The van der Waals surface area contributed by atoms with Gasteiger partial charge in [0.1, 0.15) is 11.2 Å². The molecule has 0 fully saturated rings. The van der Waals surface area contributed by atoms with Crippen LogP contribution >= 0.6 is 0 Å². The molecular formula is C39H26N2O. The van der Waals surface area contributed by atoms with Crippen molar-refractivity contribution in [2.75, 3.05) is 4.90 Å². The van der Waals surface area contributed by atoms with E-state index >= 15 is 0 Å². The van der Waals surface area contributed by atoms with Gasteiger partial charge in [-0.3, -0.25) is 4.98 Å². The number of anilines is 3. The zero-order chi connectivity index (χ0) is 27.9. The van der Waals surface area contributed by atoms with Crippen LogP contribution < -0.4 is 4.90 Å². The largest absolute Gasteiger partial charge is 0.456 e. The standard InChI is InChI=1S/C39H26N2O/c1-3-12-27(13-4-1)29-16-11-17-31(22-29)41(36-20-9-7-18-32(36)28-14-5-2-6-15-28)37-26-40-25-30-23-35-33-19-8-10-21-38(33)42-39(35)24-34(30)37/h1-26H. The quantitative estimate of drug-likeness (QED) is 0.218. The van der Waals surface area contributed by atoms with E-state index in [4.69, 9.17) is 9.40 Å². The molecule has 3 heteroatoms. The number of hydrogen-bond donors (Lipinski definition) is 0. The van der Waals surface area contributed by atoms with E-state index in [1.54, 1.807) is 0 Å². The number of aromatic nitrogens is 1. The van der Waals surface area contributed by atoms with Crippen molar-refractivity contribution in [2.24, 2.45) is 0 Å². The predicted molar refractivity (Wildman–Crippen MR) is 175 cm³/mol. The minimum absolute atomic E-state index is 0.866. The van der Waals surface area contributed by atoms with Crippen LogP contribution in [0.1, 0.15) is 0 Å². The fourth-order valence-electron chi connectivity index (χ4n) is 5.95. The third-order valence-electron chi connectivity index (χ3n) is 7.92. The summed E-state index contributed by atoms with van der Waals surface area (Å²) >= 11 is 0. The minimum atomic E-state index is 0.866. The molecule has 0 aliphatic carbocycles. The molecule has 0 unspecified atom stereocenters. The SMILES string of the molecule is c1ccc(-c2cccc(N(c3ccccc3-c3ccccc3)c3cncc4cc5c(cc34)oc3ccccc35)c2)cc1. The summed E-state index contributed by atoms with van der Waals surface area (Å²) in [5.74, 6) is 0. The van der Waals surface area contributed by atoms with Crippen molar-refractivity contribution in [3.05, 3.63) is 158 Å². The third kappa shape index (κ3) is 4.11. The molecule has 42 heavy (non-hydrogen) atoms. The summed E-state index contributed by atoms with van der Waals surface area (Å²) in [5, 5.41) is 4.35. The number of benzene rings is 6. The van der Waals surface area contributed by atoms with Gasteiger partial charge in [0.15, 0.2) is 0 Å². The fraction of sp³-hybridized carbons (Fsp3) is 0. The van der Waals surface area contributed by atoms with Crippen molar-refractivity contribution < 1.29 is 4.42 Å². The van der Waals surface area contributed by atoms with Crippen molar-refractivity contribution in [1.29, 1.82) is 0 Å². The highest BCUT2D eigenvalue weighted by atomic mass is 16.3. The summed E-state index contributed by atoms with van der Waals surface area (Å²) in [6.07, 6.45) is 3.91. The zero-order valence-corrected chi connectivity index (χ0v) is 22.8. The fourth-order valence-corrected chi connectivity index (χ4v) is 5.95. The number of pyridine rings is 1. The molecule has 0 radical (unpaired) electrons. The first kappa shape index (κ1) is 24.2. The second-order valence-corrected chi connectivity index (χ2v) is 10.5. The molecule has 0 saturated heterocycles. The maximum absolute atomic E-state index is 6.34. The second-order valence-electron chi connectivity index (χ2n) is 10.5. The van der Waals surface area contributed by atoms with Gasteiger partial charge in [-0.05, 0) is 53.1 Å². The lowest BCUT2D eigenvalue weighted by Crippen LogP contribution is -2.12. The Balaban J connectivity index is 1.41. The molecule has 2 heterocycles. The molecule has 0 atom stereocenters. The molecule has 0 bridgehead atoms. The molecule has 8 aromatic rings. The molecule has 0 saturated carbocycles. The average Bonchev–Trinajstić information content (AvgIpc) is 3.43. The molecule has 3 nitrogen and oxygen atoms in total. The molecule has 8 rings (SSSR count). The number of furan rings is 1. The predicted octanol–water partition coefficient (Wildman–Crippen LogP) is 10.9. The van der Waals surface area contributed by atoms with Gasteiger partial charge in [0.05, 0.1) is 17.6 Å². The van der Waals surface area contributed by atoms with Gasteiger partial charge in [0, 0.05) is 39.0 Å². The van der Waals surface area contributed by atoms with Gasteiger partial charge in [0.25, 0.3) is 0 Å². The molecule has 0 aliphatic heterocycles. The van der Waals surface area contributed by atoms with Crippen LogP contribution in [0.15, 0.2) is 162 Å². The van der Waals surface area contributed by atoms with Crippen molar-refractivity contribution in [2.45, 2.75) is 0 Å². The molecule has 0 spiro atoms. The van der Waals surface area contributed by atoms with E-state index in [1.165, 1.54) is 5.56 Å². The summed E-state index contributed by atoms with van der Waals surface area (Å²) in [4.78, 5) is 7.10. The molecule has 198 valence electrons. The van der Waals surface area contributed by atoms with Crippen molar-refractivity contribution >= 4 is 49.8 Å². The summed E-state index contributed by atoms with van der Waals surface area (Å²) in [6, 6.07) is 51.0. The maximum atomic E-state index is 6.34. The van der Waals surface area contributed by atoms with Crippen molar-refractivity contribution in [3.8, 4) is 22.3 Å². The van der Waals surface area contributed by atoms with Crippen LogP contribution in [0, 0.1) is 0 Å². The van der Waals surface area contributed by atoms with Crippen molar-refractivity contribution in [1.82, 2.24) is 4.98 Å². The number of fused-ring (bicyclic) bond motifs is 4. The highest BCUT2D eigenvalue weighted by molar-refractivity contribution is 6.13. The summed E-state index contributed by atoms with van der Waals surface area (Å²) in [7, 11) is 0. The summed E-state index contributed by atoms with van der Waals surface area (Å²) in [6.45, 7) is 0. The molecular weight excluding hydrogens is 512 g/mol. The Morgan fingerprint density at radius 1 is 0.452 bits per heavy atom. The highest BCUT2D eigenvalue weighted by Gasteiger charge is 2.21. The molecule has 2 aromatic heterocycles. The van der Waals surface area contributed by atoms with Crippen molar-refractivity contribution in [3.63, 3.8) is 0 Å². The van der Waals surface area contributed by atoms with E-state index in [0.29, 0.717) is 0 Å². The third-order valence-corrected chi connectivity index (χ3v) is 7.92. The molecule has 0 aliphatic rings. The van der Waals surface area contributed by atoms with E-state index in [0.717, 1.165) is 66.5 Å². The Morgan fingerprint density at radius 2 is 1.17 bits per heavy atom. The van der Waals surface area contributed by atoms with Gasteiger partial charge >= 0.3 is 0 Å². The first-order valence-electron chi connectivity index (χ1n) is 14.1. The van der Waals surface area contributed by atoms with E-state index in [-0.39, 0.29) is 0 Å². The van der Waals surface area contributed by atoms with Gasteiger partial charge in [-0.25, -0.2) is 0 Å². The Hall–Kier alpha value is -5.67. The molecule has 0 amide bonds. The second kappa shape index (κ2) is 10.1. The lowest BCUT2D eigenvalue weighted by Gasteiger charge is -2.29. The van der Waals surface area contributed by atoms with Gasteiger partial charge in [-0.2, -0.15) is 0 Å². The Bertz CT molecular complexity index is 2200. The molecule has 6 aromatic carbocycles. The van der Waals surface area contributed by atoms with Crippen LogP contribution in [0.2, 0.25) is 0 Å². The van der Waals surface area contributed by atoms with Gasteiger partial charge in [-0.15, -0.1) is 0 Å². The van der Waals surface area contributed by atoms with E-state index in [1.807, 2.05) is 24.5 Å². The van der Waals surface area contributed by atoms with Crippen LogP contribution in [-0.2, 0) is 0 Å². The number of para-hydroxylation sites is 2. The number of nitrogens with zero attached hydrogens (tertiary/aromatic N) is 2. The van der Waals surface area contributed by atoms with E-state index in [2.05, 4.69) is 138 Å². The topological polar surface area (TPSA) is 29.3 Å². The lowest BCUT2D eigenvalue weighted by atomic mass is 10.00. The lowest BCUT2D eigenvalue weighted by molar-refractivity contribution is 0.669. The molecule has 0 N–H and O–H groups in total. The zero-order valence-electron chi connectivity index (χ0n) is 22.8. The summed E-state index contributed by atoms with van der Waals surface area (Å²) < 4.78 is 6.34.